The number of ether oxygens (including phenoxy) is 4. The molecule has 4 aliphatic heterocycles. The van der Waals surface area contributed by atoms with Gasteiger partial charge in [-0.15, -0.1) is 0 Å². The van der Waals surface area contributed by atoms with Crippen molar-refractivity contribution >= 4 is 0 Å². The standard InChI is InChI=1S/C54H78N2O7/c1-27-45-41(61-53(27)17-15-48(5,59)26-60-53)20-35-31-12-10-29-18-37-39(24-49(29,6)33(31)22-43(57)51(35,45)8)55-38-19-30-11-13-32-34(50(30,7)25-40(38)56-37)23-44(58)52(9)36(32)21-42-46(52)28(2)54(62-42)16-14-47(3,4)63-54/h20,27-34,36,41-46,57-59H,10-19,21-26H2,1-9H3. The van der Waals surface area contributed by atoms with Gasteiger partial charge in [0.2, 0.25) is 0 Å². The molecule has 13 rings (SSSR count). The Labute approximate surface area is 376 Å². The smallest absolute Gasteiger partial charge is 0.172 e. The summed E-state index contributed by atoms with van der Waals surface area (Å²) in [5.41, 5.74) is 5.15. The van der Waals surface area contributed by atoms with Crippen LogP contribution < -0.4 is 0 Å². The molecule has 0 amide bonds. The molecule has 9 nitrogen and oxygen atoms in total. The third-order valence-electron chi connectivity index (χ3n) is 23.4. The Bertz CT molecular complexity index is 2150. The molecule has 22 unspecified atom stereocenters. The van der Waals surface area contributed by atoms with E-state index in [1.165, 1.54) is 47.6 Å². The minimum Gasteiger partial charge on any atom is -0.393 e. The van der Waals surface area contributed by atoms with Gasteiger partial charge < -0.3 is 34.3 Å². The molecule has 5 saturated carbocycles. The Kier molecular flexibility index (Phi) is 8.47. The van der Waals surface area contributed by atoms with Crippen molar-refractivity contribution in [2.24, 2.45) is 86.8 Å². The van der Waals surface area contributed by atoms with Crippen LogP contribution in [-0.4, -0.2) is 79.1 Å². The van der Waals surface area contributed by atoms with Crippen LogP contribution in [0.3, 0.4) is 0 Å². The lowest BCUT2D eigenvalue weighted by molar-refractivity contribution is -0.287. The highest BCUT2D eigenvalue weighted by molar-refractivity contribution is 5.38. The Morgan fingerprint density at radius 2 is 1.29 bits per heavy atom. The van der Waals surface area contributed by atoms with Crippen LogP contribution in [0.2, 0.25) is 0 Å². The van der Waals surface area contributed by atoms with Gasteiger partial charge in [0, 0.05) is 47.3 Å². The van der Waals surface area contributed by atoms with E-state index in [4.69, 9.17) is 28.9 Å². The van der Waals surface area contributed by atoms with Gasteiger partial charge in [-0.1, -0.05) is 53.2 Å². The van der Waals surface area contributed by atoms with E-state index in [0.717, 1.165) is 64.2 Å². The average molecular weight is 867 g/mol. The zero-order valence-corrected chi connectivity index (χ0v) is 39.9. The van der Waals surface area contributed by atoms with Gasteiger partial charge in [0.15, 0.2) is 11.6 Å². The molecule has 1 aromatic rings. The topological polar surface area (TPSA) is 123 Å². The third kappa shape index (κ3) is 5.21. The number of hydrogen-bond acceptors (Lipinski definition) is 9. The average Bonchev–Trinajstić information content (AvgIpc) is 3.96. The van der Waals surface area contributed by atoms with Crippen LogP contribution in [0.25, 0.3) is 0 Å². The summed E-state index contributed by atoms with van der Waals surface area (Å²) in [6.07, 6.45) is 16.7. The lowest BCUT2D eigenvalue weighted by Gasteiger charge is -2.62. The number of nitrogens with zero attached hydrogens (tertiary/aromatic N) is 2. The van der Waals surface area contributed by atoms with Gasteiger partial charge in [-0.3, -0.25) is 9.97 Å². The number of aromatic nitrogens is 2. The fourth-order valence-electron chi connectivity index (χ4n) is 19.9. The monoisotopic (exact) mass is 867 g/mol. The quantitative estimate of drug-likeness (QED) is 0.221. The number of hydrogen-bond donors (Lipinski definition) is 3. The minimum absolute atomic E-state index is 0.0537. The molecule has 346 valence electrons. The van der Waals surface area contributed by atoms with Crippen molar-refractivity contribution in [3.8, 4) is 0 Å². The van der Waals surface area contributed by atoms with Crippen LogP contribution in [0.15, 0.2) is 11.6 Å². The number of aliphatic hydroxyl groups excluding tert-OH is 2. The van der Waals surface area contributed by atoms with Gasteiger partial charge in [0.1, 0.15) is 0 Å². The molecular weight excluding hydrogens is 789 g/mol. The van der Waals surface area contributed by atoms with Crippen LogP contribution in [0.4, 0.5) is 0 Å². The van der Waals surface area contributed by atoms with Gasteiger partial charge in [-0.05, 0) is 156 Å². The molecule has 0 radical (unpaired) electrons. The van der Waals surface area contributed by atoms with Crippen molar-refractivity contribution in [3.05, 3.63) is 34.4 Å². The highest BCUT2D eigenvalue weighted by Crippen LogP contribution is 2.73. The molecule has 63 heavy (non-hydrogen) atoms. The molecule has 3 N–H and O–H groups in total. The molecular formula is C54H78N2O7. The second-order valence-electron chi connectivity index (χ2n) is 26.6. The molecule has 1 aromatic heterocycles. The van der Waals surface area contributed by atoms with Crippen molar-refractivity contribution in [3.63, 3.8) is 0 Å². The van der Waals surface area contributed by atoms with E-state index in [9.17, 15) is 15.3 Å². The largest absolute Gasteiger partial charge is 0.393 e. The van der Waals surface area contributed by atoms with Crippen molar-refractivity contribution in [1.29, 1.82) is 0 Å². The first-order chi connectivity index (χ1) is 29.6. The minimum atomic E-state index is -0.814. The second-order valence-corrected chi connectivity index (χ2v) is 26.6. The van der Waals surface area contributed by atoms with E-state index in [1.807, 2.05) is 6.92 Å². The molecule has 9 fully saturated rings. The van der Waals surface area contributed by atoms with Gasteiger partial charge in [0.25, 0.3) is 0 Å². The summed E-state index contributed by atoms with van der Waals surface area (Å²) < 4.78 is 27.1. The van der Waals surface area contributed by atoms with E-state index in [0.29, 0.717) is 66.8 Å². The number of aliphatic hydroxyl groups is 3. The predicted molar refractivity (Wildman–Crippen MR) is 237 cm³/mol. The van der Waals surface area contributed by atoms with Crippen LogP contribution in [-0.2, 0) is 44.6 Å². The van der Waals surface area contributed by atoms with Gasteiger partial charge in [-0.25, -0.2) is 0 Å². The van der Waals surface area contributed by atoms with Crippen molar-refractivity contribution in [2.45, 2.75) is 206 Å². The maximum atomic E-state index is 12.5. The Morgan fingerprint density at radius 1 is 0.651 bits per heavy atom. The molecule has 0 bridgehead atoms. The summed E-state index contributed by atoms with van der Waals surface area (Å²) in [4.78, 5) is 11.3. The van der Waals surface area contributed by atoms with Crippen molar-refractivity contribution in [1.82, 2.24) is 9.97 Å². The van der Waals surface area contributed by atoms with Crippen molar-refractivity contribution in [2.75, 3.05) is 6.61 Å². The normalized spacial score (nSPS) is 59.0. The Hall–Kier alpha value is -1.46. The molecule has 4 saturated heterocycles. The number of rotatable bonds is 0. The maximum absolute atomic E-state index is 12.5. The van der Waals surface area contributed by atoms with E-state index in [2.05, 4.69) is 61.5 Å². The zero-order valence-electron chi connectivity index (χ0n) is 39.9. The van der Waals surface area contributed by atoms with Gasteiger partial charge >= 0.3 is 0 Å². The van der Waals surface area contributed by atoms with Gasteiger partial charge in [0.05, 0.1) is 65.0 Å². The molecule has 22 atom stereocenters. The lowest BCUT2D eigenvalue weighted by atomic mass is 9.44. The van der Waals surface area contributed by atoms with E-state index >= 15 is 0 Å². The molecule has 2 spiro atoms. The predicted octanol–water partition coefficient (Wildman–Crippen LogP) is 8.32. The zero-order chi connectivity index (χ0) is 43.8. The van der Waals surface area contributed by atoms with Crippen molar-refractivity contribution < 1.29 is 34.3 Å². The first-order valence-corrected chi connectivity index (χ1v) is 26.0. The summed E-state index contributed by atoms with van der Waals surface area (Å²) >= 11 is 0. The summed E-state index contributed by atoms with van der Waals surface area (Å²) in [7, 11) is 0. The summed E-state index contributed by atoms with van der Waals surface area (Å²) in [5, 5.41) is 35.6. The molecule has 12 aliphatic rings. The highest BCUT2D eigenvalue weighted by atomic mass is 16.7. The first kappa shape index (κ1) is 41.7. The van der Waals surface area contributed by atoms with E-state index in [1.54, 1.807) is 0 Å². The van der Waals surface area contributed by atoms with Crippen LogP contribution in [0, 0.1) is 86.8 Å². The molecule has 0 aromatic carbocycles. The van der Waals surface area contributed by atoms with Crippen LogP contribution >= 0.6 is 0 Å². The Balaban J connectivity index is 0.751. The molecule has 9 heteroatoms. The second kappa shape index (κ2) is 12.8. The number of fused-ring (bicyclic) bond motifs is 16. The summed E-state index contributed by atoms with van der Waals surface area (Å²) in [5.74, 6) is 3.25. The lowest BCUT2D eigenvalue weighted by Crippen LogP contribution is -2.60. The maximum Gasteiger partial charge on any atom is 0.172 e. The van der Waals surface area contributed by atoms with E-state index < -0.39 is 23.3 Å². The fourth-order valence-corrected chi connectivity index (χ4v) is 19.9. The molecule has 5 heterocycles. The fraction of sp³-hybridized carbons (Fsp3) is 0.889. The van der Waals surface area contributed by atoms with Crippen LogP contribution in [0.1, 0.15) is 156 Å². The summed E-state index contributed by atoms with van der Waals surface area (Å²) in [6, 6.07) is 0. The first-order valence-electron chi connectivity index (χ1n) is 26.0. The Morgan fingerprint density at radius 3 is 1.94 bits per heavy atom. The third-order valence-corrected chi connectivity index (χ3v) is 23.4. The SMILES string of the molecule is CC1C2C(C=C3C4CCC5Cc6nc7c(nc6CC5(C)C4CC(O)C32C)CC2CCC3C(CC(O)C4(C)C3CC3OC5(CCC(C)(C)O5)C(C)C34)C2(C)C7)OC12CCC(C)(O)CO2. The molecule has 8 aliphatic carbocycles. The van der Waals surface area contributed by atoms with Crippen LogP contribution in [0.5, 0.6) is 0 Å². The summed E-state index contributed by atoms with van der Waals surface area (Å²) in [6.45, 7) is 21.1. The van der Waals surface area contributed by atoms with E-state index in [-0.39, 0.29) is 63.3 Å². The highest BCUT2D eigenvalue weighted by Gasteiger charge is 2.73. The van der Waals surface area contributed by atoms with Gasteiger partial charge in [-0.2, -0.15) is 0 Å².